The van der Waals surface area contributed by atoms with Gasteiger partial charge in [0.2, 0.25) is 11.8 Å². The number of benzene rings is 3. The Morgan fingerprint density at radius 3 is 1.90 bits per heavy atom. The monoisotopic (exact) mass is 615 g/mol. The molecule has 0 heterocycles. The van der Waals surface area contributed by atoms with Crippen molar-refractivity contribution in [3.05, 3.63) is 83.4 Å². The van der Waals surface area contributed by atoms with E-state index in [4.69, 9.17) is 21.1 Å². The predicted molar refractivity (Wildman–Crippen MR) is 164 cm³/mol. The van der Waals surface area contributed by atoms with Gasteiger partial charge in [0.05, 0.1) is 24.8 Å². The number of hydrogen-bond acceptors (Lipinski definition) is 6. The number of carbonyl (C=O) groups is 2. The minimum Gasteiger partial charge on any atom is -0.497 e. The minimum atomic E-state index is -4.21. The molecule has 3 aromatic carbocycles. The smallest absolute Gasteiger partial charge is 0.264 e. The van der Waals surface area contributed by atoms with Gasteiger partial charge >= 0.3 is 0 Å². The molecule has 0 saturated carbocycles. The maximum absolute atomic E-state index is 14.1. The van der Waals surface area contributed by atoms with Gasteiger partial charge in [-0.25, -0.2) is 8.42 Å². The molecule has 0 fully saturated rings. The lowest BCUT2D eigenvalue weighted by atomic mass is 10.1. The fourth-order valence-electron chi connectivity index (χ4n) is 4.30. The molecule has 2 atom stereocenters. The Morgan fingerprint density at radius 1 is 0.857 bits per heavy atom. The third kappa shape index (κ3) is 8.17. The van der Waals surface area contributed by atoms with Crippen molar-refractivity contribution >= 4 is 39.1 Å². The molecule has 0 aliphatic carbocycles. The number of amides is 2. The van der Waals surface area contributed by atoms with E-state index < -0.39 is 28.5 Å². The van der Waals surface area contributed by atoms with Gasteiger partial charge in [-0.3, -0.25) is 13.9 Å². The van der Waals surface area contributed by atoms with Crippen molar-refractivity contribution < 1.29 is 27.5 Å². The first-order chi connectivity index (χ1) is 20.0. The van der Waals surface area contributed by atoms with Crippen LogP contribution in [0, 0.1) is 0 Å². The Labute approximate surface area is 253 Å². The molecule has 0 aliphatic heterocycles. The average Bonchev–Trinajstić information content (AvgIpc) is 3.00. The topological polar surface area (TPSA) is 105 Å². The summed E-state index contributed by atoms with van der Waals surface area (Å²) in [5, 5.41) is 3.38. The Balaban J connectivity index is 2.05. The third-order valence-corrected chi connectivity index (χ3v) is 8.98. The Hall–Kier alpha value is -3.76. The van der Waals surface area contributed by atoms with Crippen LogP contribution in [-0.2, 0) is 26.2 Å². The molecule has 11 heteroatoms. The second kappa shape index (κ2) is 14.9. The zero-order chi connectivity index (χ0) is 30.9. The highest BCUT2D eigenvalue weighted by Crippen LogP contribution is 2.27. The number of carbonyl (C=O) groups excluding carboxylic acids is 2. The lowest BCUT2D eigenvalue weighted by Crippen LogP contribution is -2.53. The van der Waals surface area contributed by atoms with Crippen molar-refractivity contribution in [1.82, 2.24) is 10.2 Å². The van der Waals surface area contributed by atoms with Crippen LogP contribution in [0.15, 0.2) is 77.7 Å². The van der Waals surface area contributed by atoms with Crippen LogP contribution in [0.1, 0.15) is 39.2 Å². The predicted octanol–water partition coefficient (Wildman–Crippen LogP) is 5.27. The highest BCUT2D eigenvalue weighted by Gasteiger charge is 2.34. The van der Waals surface area contributed by atoms with E-state index in [0.29, 0.717) is 22.9 Å². The molecule has 0 aliphatic rings. The van der Waals surface area contributed by atoms with Gasteiger partial charge in [0.15, 0.2) is 0 Å². The van der Waals surface area contributed by atoms with E-state index in [1.54, 1.807) is 31.4 Å². The molecular weight excluding hydrogens is 578 g/mol. The van der Waals surface area contributed by atoms with E-state index in [1.165, 1.54) is 48.4 Å². The Bertz CT molecular complexity index is 1430. The summed E-state index contributed by atoms with van der Waals surface area (Å²) in [5.41, 5.74) is 1.01. The van der Waals surface area contributed by atoms with Gasteiger partial charge in [0.1, 0.15) is 24.1 Å². The van der Waals surface area contributed by atoms with Gasteiger partial charge in [-0.15, -0.1) is 0 Å². The third-order valence-electron chi connectivity index (χ3n) is 6.94. The molecule has 2 unspecified atom stereocenters. The average molecular weight is 616 g/mol. The van der Waals surface area contributed by atoms with Crippen molar-refractivity contribution in [3.63, 3.8) is 0 Å². The van der Waals surface area contributed by atoms with Crippen LogP contribution in [0.2, 0.25) is 5.02 Å². The van der Waals surface area contributed by atoms with Gasteiger partial charge in [0, 0.05) is 17.6 Å². The highest BCUT2D eigenvalue weighted by molar-refractivity contribution is 7.92. The van der Waals surface area contributed by atoms with Gasteiger partial charge in [-0.1, -0.05) is 37.6 Å². The summed E-state index contributed by atoms with van der Waals surface area (Å²) in [6, 6.07) is 18.4. The first kappa shape index (κ1) is 32.8. The maximum Gasteiger partial charge on any atom is 0.264 e. The molecule has 1 N–H and O–H groups in total. The van der Waals surface area contributed by atoms with Gasteiger partial charge in [0.25, 0.3) is 10.0 Å². The molecule has 3 aromatic rings. The molecule has 9 nitrogen and oxygen atoms in total. The summed E-state index contributed by atoms with van der Waals surface area (Å²) in [7, 11) is -1.16. The van der Waals surface area contributed by atoms with Crippen molar-refractivity contribution in [2.75, 3.05) is 25.1 Å². The summed E-state index contributed by atoms with van der Waals surface area (Å²) >= 11 is 6.09. The maximum atomic E-state index is 14.1. The molecule has 0 radical (unpaired) electrons. The van der Waals surface area contributed by atoms with E-state index in [0.717, 1.165) is 16.3 Å². The molecule has 42 heavy (non-hydrogen) atoms. The van der Waals surface area contributed by atoms with E-state index in [9.17, 15) is 18.0 Å². The zero-order valence-corrected chi connectivity index (χ0v) is 26.1. The second-order valence-electron chi connectivity index (χ2n) is 9.78. The van der Waals surface area contributed by atoms with Crippen molar-refractivity contribution in [2.45, 2.75) is 57.1 Å². The van der Waals surface area contributed by atoms with Crippen molar-refractivity contribution in [2.24, 2.45) is 0 Å². The highest BCUT2D eigenvalue weighted by atomic mass is 35.5. The normalized spacial score (nSPS) is 12.6. The van der Waals surface area contributed by atoms with Crippen molar-refractivity contribution in [1.29, 1.82) is 0 Å². The van der Waals surface area contributed by atoms with Crippen LogP contribution in [0.3, 0.4) is 0 Å². The number of rotatable bonds is 14. The SMILES string of the molecule is CCC(C)NC(=O)C(CC)N(Cc1ccc(OC)cc1)C(=O)CN(c1ccc(Cl)cc1)S(=O)(=O)c1ccc(OC)cc1. The van der Waals surface area contributed by atoms with Crippen LogP contribution < -0.4 is 19.1 Å². The fourth-order valence-corrected chi connectivity index (χ4v) is 5.84. The number of hydrogen-bond donors (Lipinski definition) is 1. The number of methoxy groups -OCH3 is 2. The summed E-state index contributed by atoms with van der Waals surface area (Å²) in [5.74, 6) is 0.304. The lowest BCUT2D eigenvalue weighted by molar-refractivity contribution is -0.140. The van der Waals surface area contributed by atoms with Crippen LogP contribution in [-0.4, -0.2) is 58.0 Å². The molecule has 0 bridgehead atoms. The number of anilines is 1. The lowest BCUT2D eigenvalue weighted by Gasteiger charge is -2.33. The van der Waals surface area contributed by atoms with Gasteiger partial charge in [-0.05, 0) is 86.0 Å². The standard InChI is InChI=1S/C31H38ClN3O6S/c1-6-22(3)33-31(37)29(7-2)34(20-23-8-14-26(40-4)15-9-23)30(36)21-35(25-12-10-24(32)11-13-25)42(38,39)28-18-16-27(41-5)17-19-28/h8-19,22,29H,6-7,20-21H2,1-5H3,(H,33,37). The minimum absolute atomic E-state index is 0.0192. The summed E-state index contributed by atoms with van der Waals surface area (Å²) < 4.78 is 39.4. The largest absolute Gasteiger partial charge is 0.497 e. The van der Waals surface area contributed by atoms with E-state index in [2.05, 4.69) is 5.32 Å². The van der Waals surface area contributed by atoms with Crippen molar-refractivity contribution in [3.8, 4) is 11.5 Å². The quantitative estimate of drug-likeness (QED) is 0.265. The number of halogens is 1. The first-order valence-corrected chi connectivity index (χ1v) is 15.5. The van der Waals surface area contributed by atoms with Gasteiger partial charge < -0.3 is 19.7 Å². The molecule has 2 amide bonds. The van der Waals surface area contributed by atoms with E-state index >= 15 is 0 Å². The molecule has 226 valence electrons. The van der Waals surface area contributed by atoms with Gasteiger partial charge in [-0.2, -0.15) is 0 Å². The zero-order valence-electron chi connectivity index (χ0n) is 24.5. The van der Waals surface area contributed by atoms with Crippen LogP contribution in [0.4, 0.5) is 5.69 Å². The Morgan fingerprint density at radius 2 is 1.40 bits per heavy atom. The molecular formula is C31H38ClN3O6S. The summed E-state index contributed by atoms with van der Waals surface area (Å²) in [6.45, 7) is 5.22. The van der Waals surface area contributed by atoms with Crippen LogP contribution in [0.5, 0.6) is 11.5 Å². The Kier molecular flexibility index (Phi) is 11.6. The van der Waals surface area contributed by atoms with E-state index in [-0.39, 0.29) is 29.1 Å². The number of nitrogens with zero attached hydrogens (tertiary/aromatic N) is 2. The fraction of sp³-hybridized carbons (Fsp3) is 0.355. The van der Waals surface area contributed by atoms with Crippen LogP contribution in [0.25, 0.3) is 0 Å². The molecule has 3 rings (SSSR count). The summed E-state index contributed by atoms with van der Waals surface area (Å²) in [6.07, 6.45) is 1.05. The number of nitrogens with one attached hydrogen (secondary N) is 1. The molecule has 0 saturated heterocycles. The summed E-state index contributed by atoms with van der Waals surface area (Å²) in [4.78, 5) is 28.9. The number of ether oxygens (including phenoxy) is 2. The van der Waals surface area contributed by atoms with Crippen LogP contribution >= 0.6 is 11.6 Å². The van der Waals surface area contributed by atoms with E-state index in [1.807, 2.05) is 32.9 Å². The molecule has 0 spiro atoms. The first-order valence-electron chi connectivity index (χ1n) is 13.7. The second-order valence-corrected chi connectivity index (χ2v) is 12.1. The molecule has 0 aromatic heterocycles. The number of sulfonamides is 1.